The number of aryl methyl sites for hydroxylation is 1. The number of carboxylic acid groups (broad SMARTS) is 1. The quantitative estimate of drug-likeness (QED) is 0.480. The summed E-state index contributed by atoms with van der Waals surface area (Å²) < 4.78 is 5.94. The minimum absolute atomic E-state index is 0.0338. The van der Waals surface area contributed by atoms with Crippen molar-refractivity contribution in [1.29, 1.82) is 0 Å². The molecule has 28 heavy (non-hydrogen) atoms. The molecule has 0 unspecified atom stereocenters. The Bertz CT molecular complexity index is 1130. The number of rotatable bonds is 6. The number of fused-ring (bicyclic) bond motifs is 1. The second kappa shape index (κ2) is 7.61. The van der Waals surface area contributed by atoms with Crippen LogP contribution in [0, 0.1) is 6.92 Å². The molecule has 0 saturated carbocycles. The van der Waals surface area contributed by atoms with Crippen molar-refractivity contribution in [2.75, 3.05) is 0 Å². The molecule has 0 atom stereocenters. The van der Waals surface area contributed by atoms with Crippen LogP contribution in [0.5, 0.6) is 5.75 Å². The van der Waals surface area contributed by atoms with Gasteiger partial charge in [-0.3, -0.25) is 4.79 Å². The minimum Gasteiger partial charge on any atom is -0.489 e. The molecule has 140 valence electrons. The maximum atomic E-state index is 11.5. The predicted octanol–water partition coefficient (Wildman–Crippen LogP) is 5.35. The number of hydrogen-bond acceptors (Lipinski definition) is 2. The van der Waals surface area contributed by atoms with E-state index >= 15 is 0 Å². The summed E-state index contributed by atoms with van der Waals surface area (Å²) in [6.07, 6.45) is -0.0338. The van der Waals surface area contributed by atoms with E-state index in [9.17, 15) is 9.90 Å². The van der Waals surface area contributed by atoms with Crippen LogP contribution in [0.4, 0.5) is 0 Å². The van der Waals surface area contributed by atoms with Crippen LogP contribution in [0.3, 0.4) is 0 Å². The predicted molar refractivity (Wildman–Crippen MR) is 111 cm³/mol. The molecule has 1 aromatic heterocycles. The van der Waals surface area contributed by atoms with E-state index in [1.54, 1.807) is 0 Å². The monoisotopic (exact) mass is 371 g/mol. The van der Waals surface area contributed by atoms with Gasteiger partial charge >= 0.3 is 5.97 Å². The molecule has 0 fully saturated rings. The zero-order chi connectivity index (χ0) is 19.5. The minimum atomic E-state index is -0.847. The Morgan fingerprint density at radius 3 is 2.61 bits per heavy atom. The molecule has 0 spiro atoms. The fourth-order valence-electron chi connectivity index (χ4n) is 3.43. The van der Waals surface area contributed by atoms with Gasteiger partial charge in [-0.25, -0.2) is 0 Å². The van der Waals surface area contributed by atoms with Gasteiger partial charge in [0.05, 0.1) is 12.1 Å². The van der Waals surface area contributed by atoms with Gasteiger partial charge in [0, 0.05) is 16.5 Å². The molecule has 4 nitrogen and oxygen atoms in total. The zero-order valence-electron chi connectivity index (χ0n) is 15.6. The van der Waals surface area contributed by atoms with Crippen molar-refractivity contribution in [3.05, 3.63) is 89.5 Å². The molecular weight excluding hydrogens is 350 g/mol. The number of aromatic amines is 1. The van der Waals surface area contributed by atoms with Crippen molar-refractivity contribution >= 4 is 16.9 Å². The lowest BCUT2D eigenvalue weighted by atomic mass is 10.0. The Labute approximate surface area is 163 Å². The molecule has 4 heteroatoms. The Kier molecular flexibility index (Phi) is 4.85. The van der Waals surface area contributed by atoms with Gasteiger partial charge in [0.2, 0.25) is 0 Å². The van der Waals surface area contributed by atoms with E-state index < -0.39 is 5.97 Å². The van der Waals surface area contributed by atoms with E-state index in [4.69, 9.17) is 4.74 Å². The molecule has 2 N–H and O–H groups in total. The highest BCUT2D eigenvalue weighted by Gasteiger charge is 2.16. The van der Waals surface area contributed by atoms with E-state index in [1.165, 1.54) is 0 Å². The highest BCUT2D eigenvalue weighted by Crippen LogP contribution is 2.33. The van der Waals surface area contributed by atoms with E-state index in [0.29, 0.717) is 6.61 Å². The second-order valence-corrected chi connectivity index (χ2v) is 6.90. The summed E-state index contributed by atoms with van der Waals surface area (Å²) in [7, 11) is 0. The number of ether oxygens (including phenoxy) is 1. The van der Waals surface area contributed by atoms with Gasteiger partial charge in [-0.2, -0.15) is 0 Å². The lowest BCUT2D eigenvalue weighted by Gasteiger charge is -2.09. The van der Waals surface area contributed by atoms with Gasteiger partial charge in [0.25, 0.3) is 0 Å². The summed E-state index contributed by atoms with van der Waals surface area (Å²) in [5.74, 6) is -0.0994. The number of aromatic nitrogens is 1. The molecule has 0 aliphatic rings. The summed E-state index contributed by atoms with van der Waals surface area (Å²) in [6, 6.07) is 23.8. The third kappa shape index (κ3) is 3.76. The molecule has 0 bridgehead atoms. The topological polar surface area (TPSA) is 62.3 Å². The number of hydrogen-bond donors (Lipinski definition) is 2. The molecular formula is C24H21NO3. The molecule has 4 aromatic rings. The Morgan fingerprint density at radius 1 is 1.00 bits per heavy atom. The van der Waals surface area contributed by atoms with Crippen LogP contribution in [0.25, 0.3) is 22.2 Å². The standard InChI is InChI=1S/C24H21NO3/c1-16-10-11-22-20(12-16)21(14-23(26)27)24(25-22)18-8-5-9-19(13-18)28-15-17-6-3-2-4-7-17/h2-13,25H,14-15H2,1H3,(H,26,27). The number of aliphatic carboxylic acids is 1. The maximum absolute atomic E-state index is 11.5. The van der Waals surface area contributed by atoms with E-state index in [2.05, 4.69) is 4.98 Å². The van der Waals surface area contributed by atoms with Gasteiger partial charge < -0.3 is 14.8 Å². The van der Waals surface area contributed by atoms with Crippen molar-refractivity contribution in [2.24, 2.45) is 0 Å². The first-order chi connectivity index (χ1) is 13.6. The smallest absolute Gasteiger partial charge is 0.307 e. The van der Waals surface area contributed by atoms with Crippen LogP contribution in [0.1, 0.15) is 16.7 Å². The molecule has 0 amide bonds. The Hall–Kier alpha value is -3.53. The Balaban J connectivity index is 1.70. The van der Waals surface area contributed by atoms with Crippen LogP contribution in [-0.4, -0.2) is 16.1 Å². The van der Waals surface area contributed by atoms with Crippen LogP contribution >= 0.6 is 0 Å². The van der Waals surface area contributed by atoms with E-state index in [-0.39, 0.29) is 6.42 Å². The fraction of sp³-hybridized carbons (Fsp3) is 0.125. The molecule has 1 heterocycles. The highest BCUT2D eigenvalue weighted by atomic mass is 16.5. The third-order valence-electron chi connectivity index (χ3n) is 4.76. The number of benzene rings is 3. The van der Waals surface area contributed by atoms with Crippen molar-refractivity contribution in [3.63, 3.8) is 0 Å². The lowest BCUT2D eigenvalue weighted by Crippen LogP contribution is -2.01. The van der Waals surface area contributed by atoms with Gasteiger partial charge in [-0.1, -0.05) is 54.1 Å². The van der Waals surface area contributed by atoms with Crippen LogP contribution in [-0.2, 0) is 17.8 Å². The molecule has 0 aliphatic carbocycles. The average Bonchev–Trinajstić information content (AvgIpc) is 3.04. The van der Waals surface area contributed by atoms with Crippen molar-refractivity contribution in [2.45, 2.75) is 20.0 Å². The van der Waals surface area contributed by atoms with Crippen LogP contribution in [0.15, 0.2) is 72.8 Å². The first-order valence-electron chi connectivity index (χ1n) is 9.20. The first kappa shape index (κ1) is 17.9. The van der Waals surface area contributed by atoms with E-state index in [1.807, 2.05) is 79.7 Å². The normalized spacial score (nSPS) is 10.9. The van der Waals surface area contributed by atoms with Crippen molar-refractivity contribution < 1.29 is 14.6 Å². The van der Waals surface area contributed by atoms with Gasteiger partial charge in [0.15, 0.2) is 0 Å². The molecule has 0 radical (unpaired) electrons. The second-order valence-electron chi connectivity index (χ2n) is 6.90. The zero-order valence-corrected chi connectivity index (χ0v) is 15.6. The number of carbonyl (C=O) groups is 1. The molecule has 0 aliphatic heterocycles. The number of H-pyrrole nitrogens is 1. The number of carboxylic acids is 1. The molecule has 4 rings (SSSR count). The summed E-state index contributed by atoms with van der Waals surface area (Å²) >= 11 is 0. The lowest BCUT2D eigenvalue weighted by molar-refractivity contribution is -0.136. The Morgan fingerprint density at radius 2 is 1.82 bits per heavy atom. The van der Waals surface area contributed by atoms with Crippen LogP contribution in [0.2, 0.25) is 0 Å². The van der Waals surface area contributed by atoms with Crippen molar-refractivity contribution in [1.82, 2.24) is 4.98 Å². The van der Waals surface area contributed by atoms with Gasteiger partial charge in [-0.15, -0.1) is 0 Å². The van der Waals surface area contributed by atoms with Gasteiger partial charge in [-0.05, 0) is 42.3 Å². The summed E-state index contributed by atoms with van der Waals surface area (Å²) in [5, 5.41) is 10.4. The summed E-state index contributed by atoms with van der Waals surface area (Å²) in [4.78, 5) is 14.9. The largest absolute Gasteiger partial charge is 0.489 e. The third-order valence-corrected chi connectivity index (χ3v) is 4.76. The highest BCUT2D eigenvalue weighted by molar-refractivity contribution is 5.94. The SMILES string of the molecule is Cc1ccc2[nH]c(-c3cccc(OCc4ccccc4)c3)c(CC(=O)O)c2c1. The maximum Gasteiger partial charge on any atom is 0.307 e. The average molecular weight is 371 g/mol. The fourth-order valence-corrected chi connectivity index (χ4v) is 3.43. The number of nitrogens with one attached hydrogen (secondary N) is 1. The van der Waals surface area contributed by atoms with Gasteiger partial charge in [0.1, 0.15) is 12.4 Å². The first-order valence-corrected chi connectivity index (χ1v) is 9.20. The molecule has 3 aromatic carbocycles. The van der Waals surface area contributed by atoms with Crippen molar-refractivity contribution in [3.8, 4) is 17.0 Å². The van der Waals surface area contributed by atoms with E-state index in [0.717, 1.165) is 44.6 Å². The molecule has 0 saturated heterocycles. The summed E-state index contributed by atoms with van der Waals surface area (Å²) in [5.41, 5.74) is 5.67. The summed E-state index contributed by atoms with van der Waals surface area (Å²) in [6.45, 7) is 2.49. The van der Waals surface area contributed by atoms with Crippen LogP contribution < -0.4 is 4.74 Å².